The average molecular weight is 271 g/mol. The Kier molecular flexibility index (Phi) is 6.80. The summed E-state index contributed by atoms with van der Waals surface area (Å²) >= 11 is 0. The molecule has 1 aliphatic rings. The van der Waals surface area contributed by atoms with E-state index in [0.717, 1.165) is 25.7 Å². The van der Waals surface area contributed by atoms with Crippen LogP contribution in [0.4, 0.5) is 0 Å². The Balaban J connectivity index is 2.19. The first-order valence-electron chi connectivity index (χ1n) is 6.90. The van der Waals surface area contributed by atoms with Gasteiger partial charge in [0.15, 0.2) is 0 Å². The van der Waals surface area contributed by atoms with Gasteiger partial charge in [-0.1, -0.05) is 13.3 Å². The normalized spacial score (nSPS) is 24.7. The average Bonchev–Trinajstić information content (AvgIpc) is 2.36. The van der Waals surface area contributed by atoms with Gasteiger partial charge in [-0.2, -0.15) is 0 Å². The van der Waals surface area contributed by atoms with Crippen LogP contribution < -0.4 is 16.8 Å². The fraction of sp³-hybridized carbons (Fsp3) is 0.846. The van der Waals surface area contributed by atoms with Crippen molar-refractivity contribution in [2.24, 2.45) is 23.3 Å². The number of hydrogen-bond acceptors (Lipinski definition) is 4. The molecule has 0 bridgehead atoms. The topological polar surface area (TPSA) is 107 Å². The van der Waals surface area contributed by atoms with E-state index in [0.29, 0.717) is 19.1 Å². The van der Waals surface area contributed by atoms with Crippen LogP contribution in [0.15, 0.2) is 0 Å². The molecule has 19 heavy (non-hydrogen) atoms. The highest BCUT2D eigenvalue weighted by molar-refractivity contribution is 5.78. The van der Waals surface area contributed by atoms with Gasteiger partial charge in [0, 0.05) is 18.5 Å². The minimum atomic E-state index is -0.504. The Hall–Kier alpha value is -1.14. The first-order chi connectivity index (χ1) is 9.00. The van der Waals surface area contributed by atoms with Gasteiger partial charge in [-0.3, -0.25) is 9.59 Å². The summed E-state index contributed by atoms with van der Waals surface area (Å²) in [5.41, 5.74) is 10.9. The van der Waals surface area contributed by atoms with Gasteiger partial charge in [-0.05, 0) is 25.2 Å². The van der Waals surface area contributed by atoms with Crippen LogP contribution in [0.25, 0.3) is 0 Å². The van der Waals surface area contributed by atoms with Crippen molar-refractivity contribution in [1.29, 1.82) is 0 Å². The molecule has 3 atom stereocenters. The first kappa shape index (κ1) is 15.9. The lowest BCUT2D eigenvalue weighted by Gasteiger charge is -2.30. The summed E-state index contributed by atoms with van der Waals surface area (Å²) in [5.74, 6) is -0.129. The number of primary amides is 1. The zero-order valence-corrected chi connectivity index (χ0v) is 11.6. The molecule has 3 unspecified atom stereocenters. The minimum absolute atomic E-state index is 0.0255. The van der Waals surface area contributed by atoms with E-state index >= 15 is 0 Å². The molecule has 0 aromatic heterocycles. The van der Waals surface area contributed by atoms with Crippen LogP contribution in [-0.2, 0) is 14.3 Å². The maximum absolute atomic E-state index is 11.9. The van der Waals surface area contributed by atoms with E-state index in [1.807, 2.05) is 6.92 Å². The van der Waals surface area contributed by atoms with Crippen molar-refractivity contribution in [3.05, 3.63) is 0 Å². The second kappa shape index (κ2) is 8.12. The third kappa shape index (κ3) is 6.02. The second-order valence-corrected chi connectivity index (χ2v) is 5.29. The summed E-state index contributed by atoms with van der Waals surface area (Å²) in [6.07, 6.45) is 4.16. The standard InChI is InChI=1S/C13H25N3O3/c1-9(10-3-2-4-11(14)7-10)13(18)16-5-6-19-8-12(15)17/h9-11H,2-8,14H2,1H3,(H2,15,17)(H,16,18). The highest BCUT2D eigenvalue weighted by Gasteiger charge is 2.28. The van der Waals surface area contributed by atoms with E-state index in [2.05, 4.69) is 5.32 Å². The number of hydrogen-bond donors (Lipinski definition) is 3. The third-order valence-corrected chi connectivity index (χ3v) is 3.67. The van der Waals surface area contributed by atoms with Gasteiger partial charge in [0.25, 0.3) is 0 Å². The molecule has 6 nitrogen and oxygen atoms in total. The predicted molar refractivity (Wildman–Crippen MR) is 72.1 cm³/mol. The fourth-order valence-corrected chi connectivity index (χ4v) is 2.52. The van der Waals surface area contributed by atoms with Crippen molar-refractivity contribution in [2.45, 2.75) is 38.6 Å². The van der Waals surface area contributed by atoms with Crippen molar-refractivity contribution in [2.75, 3.05) is 19.8 Å². The molecule has 0 radical (unpaired) electrons. The van der Waals surface area contributed by atoms with Crippen LogP contribution in [-0.4, -0.2) is 37.6 Å². The lowest BCUT2D eigenvalue weighted by Crippen LogP contribution is -2.39. The number of amides is 2. The molecular formula is C13H25N3O3. The Morgan fingerprint density at radius 1 is 1.42 bits per heavy atom. The zero-order chi connectivity index (χ0) is 14.3. The Bertz CT molecular complexity index is 310. The van der Waals surface area contributed by atoms with Gasteiger partial charge < -0.3 is 21.5 Å². The van der Waals surface area contributed by atoms with Crippen molar-refractivity contribution in [3.8, 4) is 0 Å². The van der Waals surface area contributed by atoms with E-state index in [-0.39, 0.29) is 24.5 Å². The van der Waals surface area contributed by atoms with E-state index in [1.165, 1.54) is 0 Å². The zero-order valence-electron chi connectivity index (χ0n) is 11.6. The SMILES string of the molecule is CC(C(=O)NCCOCC(N)=O)C1CCCC(N)C1. The molecule has 1 fully saturated rings. The number of nitrogens with two attached hydrogens (primary N) is 2. The Labute approximate surface area is 114 Å². The lowest BCUT2D eigenvalue weighted by atomic mass is 9.78. The molecule has 1 aliphatic carbocycles. The van der Waals surface area contributed by atoms with Gasteiger partial charge in [-0.25, -0.2) is 0 Å². The van der Waals surface area contributed by atoms with Crippen molar-refractivity contribution < 1.29 is 14.3 Å². The monoisotopic (exact) mass is 271 g/mol. The molecular weight excluding hydrogens is 246 g/mol. The molecule has 1 saturated carbocycles. The molecule has 5 N–H and O–H groups in total. The Morgan fingerprint density at radius 3 is 2.79 bits per heavy atom. The molecule has 0 aliphatic heterocycles. The number of rotatable bonds is 7. The summed E-state index contributed by atoms with van der Waals surface area (Å²) in [7, 11) is 0. The summed E-state index contributed by atoms with van der Waals surface area (Å²) < 4.78 is 4.98. The molecule has 1 rings (SSSR count). The third-order valence-electron chi connectivity index (χ3n) is 3.67. The van der Waals surface area contributed by atoms with Crippen LogP contribution >= 0.6 is 0 Å². The van der Waals surface area contributed by atoms with Crippen LogP contribution in [0.2, 0.25) is 0 Å². The highest BCUT2D eigenvalue weighted by atomic mass is 16.5. The number of ether oxygens (including phenoxy) is 1. The van der Waals surface area contributed by atoms with Gasteiger partial charge in [-0.15, -0.1) is 0 Å². The van der Waals surface area contributed by atoms with Gasteiger partial charge in [0.2, 0.25) is 11.8 Å². The van der Waals surface area contributed by atoms with Gasteiger partial charge in [0.1, 0.15) is 6.61 Å². The maximum atomic E-state index is 11.9. The maximum Gasteiger partial charge on any atom is 0.243 e. The van der Waals surface area contributed by atoms with Crippen LogP contribution in [0, 0.1) is 11.8 Å². The second-order valence-electron chi connectivity index (χ2n) is 5.29. The first-order valence-corrected chi connectivity index (χ1v) is 6.90. The fourth-order valence-electron chi connectivity index (χ4n) is 2.52. The van der Waals surface area contributed by atoms with E-state index in [4.69, 9.17) is 16.2 Å². The molecule has 6 heteroatoms. The Morgan fingerprint density at radius 2 is 2.16 bits per heavy atom. The van der Waals surface area contributed by atoms with Crippen molar-refractivity contribution in [1.82, 2.24) is 5.32 Å². The predicted octanol–water partition coefficient (Wildman–Crippen LogP) is -0.242. The summed E-state index contributed by atoms with van der Waals surface area (Å²) in [6.45, 7) is 2.53. The molecule has 0 heterocycles. The minimum Gasteiger partial charge on any atom is -0.370 e. The summed E-state index contributed by atoms with van der Waals surface area (Å²) in [5, 5.41) is 2.81. The highest BCUT2D eigenvalue weighted by Crippen LogP contribution is 2.29. The van der Waals surface area contributed by atoms with Gasteiger partial charge in [0.05, 0.1) is 6.61 Å². The van der Waals surface area contributed by atoms with Crippen molar-refractivity contribution in [3.63, 3.8) is 0 Å². The molecule has 110 valence electrons. The summed E-state index contributed by atoms with van der Waals surface area (Å²) in [4.78, 5) is 22.4. The molecule has 0 saturated heterocycles. The largest absolute Gasteiger partial charge is 0.370 e. The van der Waals surface area contributed by atoms with E-state index < -0.39 is 5.91 Å². The summed E-state index contributed by atoms with van der Waals surface area (Å²) in [6, 6.07) is 0.230. The number of carbonyl (C=O) groups is 2. The molecule has 0 aromatic carbocycles. The number of carbonyl (C=O) groups excluding carboxylic acids is 2. The lowest BCUT2D eigenvalue weighted by molar-refractivity contribution is -0.126. The van der Waals surface area contributed by atoms with Gasteiger partial charge >= 0.3 is 0 Å². The van der Waals surface area contributed by atoms with E-state index in [9.17, 15) is 9.59 Å². The number of nitrogens with one attached hydrogen (secondary N) is 1. The van der Waals surface area contributed by atoms with Crippen LogP contribution in [0.3, 0.4) is 0 Å². The van der Waals surface area contributed by atoms with Crippen molar-refractivity contribution >= 4 is 11.8 Å². The smallest absolute Gasteiger partial charge is 0.243 e. The molecule has 2 amide bonds. The molecule has 0 aromatic rings. The quantitative estimate of drug-likeness (QED) is 0.555. The van der Waals surface area contributed by atoms with Crippen LogP contribution in [0.1, 0.15) is 32.6 Å². The van der Waals surface area contributed by atoms with E-state index in [1.54, 1.807) is 0 Å². The molecule has 0 spiro atoms. The van der Waals surface area contributed by atoms with Crippen LogP contribution in [0.5, 0.6) is 0 Å².